The number of nitrogens with one attached hydrogen (secondary N) is 1. The van der Waals surface area contributed by atoms with Gasteiger partial charge < -0.3 is 9.73 Å². The quantitative estimate of drug-likeness (QED) is 0.556. The van der Waals surface area contributed by atoms with Crippen LogP contribution in [0.4, 0.5) is 10.8 Å². The molecule has 0 fully saturated rings. The Kier molecular flexibility index (Phi) is 2.94. The number of anilines is 2. The Balaban J connectivity index is 1.78. The van der Waals surface area contributed by atoms with Gasteiger partial charge in [0.15, 0.2) is 5.13 Å². The third-order valence-electron chi connectivity index (χ3n) is 3.50. The van der Waals surface area contributed by atoms with E-state index in [2.05, 4.69) is 16.4 Å². The molecule has 2 heterocycles. The Morgan fingerprint density at radius 3 is 2.86 bits per heavy atom. The van der Waals surface area contributed by atoms with Crippen LogP contribution >= 0.6 is 11.3 Å². The Morgan fingerprint density at radius 2 is 2.00 bits per heavy atom. The highest BCUT2D eigenvalue weighted by molar-refractivity contribution is 7.22. The van der Waals surface area contributed by atoms with Crippen molar-refractivity contribution in [1.29, 1.82) is 0 Å². The maximum Gasteiger partial charge on any atom is 0.336 e. The number of thiazole rings is 1. The van der Waals surface area contributed by atoms with Gasteiger partial charge in [0.1, 0.15) is 5.58 Å². The smallest absolute Gasteiger partial charge is 0.336 e. The van der Waals surface area contributed by atoms with Crippen LogP contribution in [0, 0.1) is 6.92 Å². The van der Waals surface area contributed by atoms with Crippen molar-refractivity contribution in [2.75, 3.05) is 5.32 Å². The van der Waals surface area contributed by atoms with E-state index in [1.165, 1.54) is 6.07 Å². The zero-order chi connectivity index (χ0) is 15.1. The maximum absolute atomic E-state index is 11.3. The minimum atomic E-state index is -0.334. The van der Waals surface area contributed by atoms with Crippen LogP contribution in [0.3, 0.4) is 0 Å². The van der Waals surface area contributed by atoms with Gasteiger partial charge in [-0.05, 0) is 42.8 Å². The molecular formula is C17H12N2O2S. The lowest BCUT2D eigenvalue weighted by Crippen LogP contribution is -1.97. The highest BCUT2D eigenvalue weighted by Gasteiger charge is 2.07. The molecule has 0 amide bonds. The predicted molar refractivity (Wildman–Crippen MR) is 90.1 cm³/mol. The number of benzene rings is 2. The van der Waals surface area contributed by atoms with E-state index in [1.807, 2.05) is 37.3 Å². The molecule has 0 aliphatic heterocycles. The SMILES string of the molecule is Cc1cc2oc(=O)ccc2cc1Nc1nc2ccccc2s1. The summed E-state index contributed by atoms with van der Waals surface area (Å²) < 4.78 is 6.35. The normalized spacial score (nSPS) is 11.1. The molecule has 0 atom stereocenters. The largest absolute Gasteiger partial charge is 0.423 e. The standard InChI is InChI=1S/C17H12N2O2S/c1-10-8-14-11(6-7-16(20)21-14)9-13(10)19-17-18-12-4-2-3-5-15(12)22-17/h2-9H,1H3,(H,18,19). The monoisotopic (exact) mass is 308 g/mol. The lowest BCUT2D eigenvalue weighted by molar-refractivity contribution is 0.561. The van der Waals surface area contributed by atoms with Gasteiger partial charge in [-0.2, -0.15) is 0 Å². The van der Waals surface area contributed by atoms with Crippen LogP contribution in [-0.4, -0.2) is 4.98 Å². The summed E-state index contributed by atoms with van der Waals surface area (Å²) in [7, 11) is 0. The number of fused-ring (bicyclic) bond motifs is 2. The molecule has 1 N–H and O–H groups in total. The number of aromatic nitrogens is 1. The molecule has 0 saturated carbocycles. The first-order valence-corrected chi connectivity index (χ1v) is 7.68. The minimum Gasteiger partial charge on any atom is -0.423 e. The predicted octanol–water partition coefficient (Wildman–Crippen LogP) is 4.45. The van der Waals surface area contributed by atoms with Crippen molar-refractivity contribution in [3.05, 3.63) is 64.5 Å². The van der Waals surface area contributed by atoms with Crippen molar-refractivity contribution < 1.29 is 4.42 Å². The summed E-state index contributed by atoms with van der Waals surface area (Å²) in [6.45, 7) is 1.97. The topological polar surface area (TPSA) is 55.1 Å². The summed E-state index contributed by atoms with van der Waals surface area (Å²) in [5, 5.41) is 5.09. The van der Waals surface area contributed by atoms with E-state index in [0.29, 0.717) is 5.58 Å². The van der Waals surface area contributed by atoms with Crippen LogP contribution in [0.15, 0.2) is 57.7 Å². The molecule has 22 heavy (non-hydrogen) atoms. The van der Waals surface area contributed by atoms with Crippen molar-refractivity contribution >= 4 is 43.3 Å². The van der Waals surface area contributed by atoms with Crippen LogP contribution in [0.2, 0.25) is 0 Å². The average molecular weight is 308 g/mol. The van der Waals surface area contributed by atoms with E-state index in [0.717, 1.165) is 32.0 Å². The molecule has 0 spiro atoms. The summed E-state index contributed by atoms with van der Waals surface area (Å²) >= 11 is 1.61. The lowest BCUT2D eigenvalue weighted by Gasteiger charge is -2.08. The van der Waals surface area contributed by atoms with Crippen LogP contribution < -0.4 is 10.9 Å². The maximum atomic E-state index is 11.3. The van der Waals surface area contributed by atoms with E-state index < -0.39 is 0 Å². The first-order chi connectivity index (χ1) is 10.7. The molecule has 2 aromatic carbocycles. The van der Waals surface area contributed by atoms with Crippen molar-refractivity contribution in [3.63, 3.8) is 0 Å². The Morgan fingerprint density at radius 1 is 1.14 bits per heavy atom. The van der Waals surface area contributed by atoms with Crippen LogP contribution in [-0.2, 0) is 0 Å². The molecule has 0 saturated heterocycles. The van der Waals surface area contributed by atoms with E-state index in [9.17, 15) is 4.79 Å². The molecule has 0 bridgehead atoms. The molecular weight excluding hydrogens is 296 g/mol. The summed E-state index contributed by atoms with van der Waals surface area (Å²) in [6.07, 6.45) is 0. The van der Waals surface area contributed by atoms with Crippen LogP contribution in [0.5, 0.6) is 0 Å². The van der Waals surface area contributed by atoms with E-state index in [-0.39, 0.29) is 5.63 Å². The van der Waals surface area contributed by atoms with Gasteiger partial charge in [0.25, 0.3) is 0 Å². The van der Waals surface area contributed by atoms with E-state index in [1.54, 1.807) is 17.4 Å². The number of para-hydroxylation sites is 1. The molecule has 2 aromatic heterocycles. The Bertz CT molecular complexity index is 1020. The van der Waals surface area contributed by atoms with Gasteiger partial charge in [0.2, 0.25) is 0 Å². The summed E-state index contributed by atoms with van der Waals surface area (Å²) in [5.41, 5.74) is 3.21. The average Bonchev–Trinajstić information content (AvgIpc) is 2.90. The summed E-state index contributed by atoms with van der Waals surface area (Å²) in [6, 6.07) is 15.1. The fourth-order valence-corrected chi connectivity index (χ4v) is 3.27. The van der Waals surface area contributed by atoms with Gasteiger partial charge in [-0.15, -0.1) is 0 Å². The molecule has 4 aromatic rings. The number of aryl methyl sites for hydroxylation is 1. The summed E-state index contributed by atoms with van der Waals surface area (Å²) in [4.78, 5) is 15.9. The van der Waals surface area contributed by atoms with Crippen molar-refractivity contribution in [3.8, 4) is 0 Å². The van der Waals surface area contributed by atoms with Gasteiger partial charge in [-0.25, -0.2) is 9.78 Å². The zero-order valence-electron chi connectivity index (χ0n) is 11.8. The van der Waals surface area contributed by atoms with E-state index in [4.69, 9.17) is 4.42 Å². The Labute approximate surface area is 130 Å². The fourth-order valence-electron chi connectivity index (χ4n) is 2.39. The molecule has 0 radical (unpaired) electrons. The third-order valence-corrected chi connectivity index (χ3v) is 4.45. The van der Waals surface area contributed by atoms with Crippen LogP contribution in [0.25, 0.3) is 21.2 Å². The minimum absolute atomic E-state index is 0.334. The van der Waals surface area contributed by atoms with Crippen molar-refractivity contribution in [2.45, 2.75) is 6.92 Å². The highest BCUT2D eigenvalue weighted by Crippen LogP contribution is 2.30. The van der Waals surface area contributed by atoms with Gasteiger partial charge in [-0.1, -0.05) is 23.5 Å². The van der Waals surface area contributed by atoms with Gasteiger partial charge in [-0.3, -0.25) is 0 Å². The molecule has 0 aliphatic carbocycles. The number of hydrogen-bond acceptors (Lipinski definition) is 5. The second-order valence-electron chi connectivity index (χ2n) is 5.07. The van der Waals surface area contributed by atoms with E-state index >= 15 is 0 Å². The Hall–Kier alpha value is -2.66. The second-order valence-corrected chi connectivity index (χ2v) is 6.10. The van der Waals surface area contributed by atoms with Crippen molar-refractivity contribution in [1.82, 2.24) is 4.98 Å². The molecule has 0 aliphatic rings. The first kappa shape index (κ1) is 13.0. The molecule has 4 nitrogen and oxygen atoms in total. The van der Waals surface area contributed by atoms with Gasteiger partial charge in [0, 0.05) is 17.1 Å². The molecule has 108 valence electrons. The van der Waals surface area contributed by atoms with Gasteiger partial charge in [0.05, 0.1) is 10.2 Å². The third kappa shape index (κ3) is 2.25. The number of rotatable bonds is 2. The molecule has 0 unspecified atom stereocenters. The van der Waals surface area contributed by atoms with Gasteiger partial charge >= 0.3 is 5.63 Å². The lowest BCUT2D eigenvalue weighted by atomic mass is 10.1. The number of nitrogens with zero attached hydrogens (tertiary/aromatic N) is 1. The molecule has 4 rings (SSSR count). The number of hydrogen-bond donors (Lipinski definition) is 1. The zero-order valence-corrected chi connectivity index (χ0v) is 12.6. The highest BCUT2D eigenvalue weighted by atomic mass is 32.1. The summed E-state index contributed by atoms with van der Waals surface area (Å²) in [5.74, 6) is 0. The second kappa shape index (κ2) is 4.96. The molecule has 5 heteroatoms. The van der Waals surface area contributed by atoms with Crippen molar-refractivity contribution in [2.24, 2.45) is 0 Å². The first-order valence-electron chi connectivity index (χ1n) is 6.86. The fraction of sp³-hybridized carbons (Fsp3) is 0.0588. The van der Waals surface area contributed by atoms with Crippen LogP contribution in [0.1, 0.15) is 5.56 Å².